The molecule has 18 heavy (non-hydrogen) atoms. The highest BCUT2D eigenvalue weighted by molar-refractivity contribution is 7.98. The van der Waals surface area contributed by atoms with Crippen LogP contribution in [0.1, 0.15) is 18.4 Å². The van der Waals surface area contributed by atoms with E-state index in [0.717, 1.165) is 23.7 Å². The summed E-state index contributed by atoms with van der Waals surface area (Å²) in [6, 6.07) is 8.03. The van der Waals surface area contributed by atoms with Crippen molar-refractivity contribution in [2.45, 2.75) is 17.7 Å². The van der Waals surface area contributed by atoms with Crippen LogP contribution in [0.2, 0.25) is 0 Å². The predicted octanol–water partition coefficient (Wildman–Crippen LogP) is 2.66. The number of nitrogens with one attached hydrogen (secondary N) is 1. The van der Waals surface area contributed by atoms with Gasteiger partial charge in [-0.15, -0.1) is 11.8 Å². The van der Waals surface area contributed by atoms with Crippen LogP contribution in [0.3, 0.4) is 0 Å². The minimum atomic E-state index is 0.559. The van der Waals surface area contributed by atoms with Crippen molar-refractivity contribution < 1.29 is 4.74 Å². The van der Waals surface area contributed by atoms with E-state index in [0.29, 0.717) is 18.1 Å². The number of nitriles is 1. The highest BCUT2D eigenvalue weighted by atomic mass is 32.2. The van der Waals surface area contributed by atoms with Crippen molar-refractivity contribution >= 4 is 11.8 Å². The molecular formula is C14H18N2OS. The molecule has 0 spiro atoms. The van der Waals surface area contributed by atoms with Crippen molar-refractivity contribution in [1.29, 1.82) is 5.26 Å². The monoisotopic (exact) mass is 262 g/mol. The maximum atomic E-state index is 9.21. The van der Waals surface area contributed by atoms with Crippen LogP contribution >= 0.6 is 11.8 Å². The van der Waals surface area contributed by atoms with Crippen LogP contribution in [-0.2, 0) is 0 Å². The largest absolute Gasteiger partial charge is 0.492 e. The number of benzene rings is 1. The van der Waals surface area contributed by atoms with Crippen molar-refractivity contribution in [3.8, 4) is 11.8 Å². The molecule has 1 aliphatic heterocycles. The van der Waals surface area contributed by atoms with Gasteiger partial charge in [0.1, 0.15) is 17.4 Å². The fourth-order valence-corrected chi connectivity index (χ4v) is 2.75. The van der Waals surface area contributed by atoms with E-state index in [-0.39, 0.29) is 0 Å². The van der Waals surface area contributed by atoms with Gasteiger partial charge in [0.15, 0.2) is 0 Å². The smallest absolute Gasteiger partial charge is 0.138 e. The van der Waals surface area contributed by atoms with Gasteiger partial charge in [0.25, 0.3) is 0 Å². The summed E-state index contributed by atoms with van der Waals surface area (Å²) in [6.45, 7) is 2.82. The number of hydrogen-bond acceptors (Lipinski definition) is 4. The summed E-state index contributed by atoms with van der Waals surface area (Å²) >= 11 is 1.58. The Morgan fingerprint density at radius 3 is 3.11 bits per heavy atom. The number of hydrogen-bond donors (Lipinski definition) is 1. The number of rotatable bonds is 4. The van der Waals surface area contributed by atoms with Crippen LogP contribution in [0.5, 0.6) is 5.75 Å². The van der Waals surface area contributed by atoms with Crippen LogP contribution in [0, 0.1) is 17.2 Å². The second-order valence-electron chi connectivity index (χ2n) is 4.47. The van der Waals surface area contributed by atoms with Gasteiger partial charge < -0.3 is 10.1 Å². The first-order chi connectivity index (χ1) is 8.85. The lowest BCUT2D eigenvalue weighted by molar-refractivity contribution is 0.217. The zero-order valence-corrected chi connectivity index (χ0v) is 11.4. The van der Waals surface area contributed by atoms with Crippen molar-refractivity contribution in [1.82, 2.24) is 5.32 Å². The van der Waals surface area contributed by atoms with Crippen LogP contribution in [0.15, 0.2) is 23.1 Å². The van der Waals surface area contributed by atoms with Crippen molar-refractivity contribution in [2.24, 2.45) is 5.92 Å². The zero-order valence-electron chi connectivity index (χ0n) is 10.6. The Morgan fingerprint density at radius 2 is 2.44 bits per heavy atom. The van der Waals surface area contributed by atoms with Crippen LogP contribution in [0.4, 0.5) is 0 Å². The Bertz CT molecular complexity index is 436. The highest BCUT2D eigenvalue weighted by Crippen LogP contribution is 2.28. The SMILES string of the molecule is CSc1cccc(OCC2CCCNC2)c1C#N. The summed E-state index contributed by atoms with van der Waals surface area (Å²) < 4.78 is 5.83. The van der Waals surface area contributed by atoms with E-state index >= 15 is 0 Å². The summed E-state index contributed by atoms with van der Waals surface area (Å²) in [5.41, 5.74) is 0.661. The molecule has 4 heteroatoms. The van der Waals surface area contributed by atoms with E-state index in [4.69, 9.17) is 4.74 Å². The van der Waals surface area contributed by atoms with Crippen LogP contribution in [0.25, 0.3) is 0 Å². The second-order valence-corrected chi connectivity index (χ2v) is 5.32. The minimum absolute atomic E-state index is 0.559. The molecular weight excluding hydrogens is 244 g/mol. The number of thioether (sulfide) groups is 1. The highest BCUT2D eigenvalue weighted by Gasteiger charge is 2.15. The van der Waals surface area contributed by atoms with Gasteiger partial charge in [0.2, 0.25) is 0 Å². The molecule has 3 nitrogen and oxygen atoms in total. The molecule has 1 aliphatic rings. The number of ether oxygens (including phenoxy) is 1. The Balaban J connectivity index is 2.02. The van der Waals surface area contributed by atoms with E-state index in [9.17, 15) is 5.26 Å². The Morgan fingerprint density at radius 1 is 1.56 bits per heavy atom. The molecule has 0 saturated carbocycles. The van der Waals surface area contributed by atoms with Crippen molar-refractivity contribution in [3.63, 3.8) is 0 Å². The molecule has 1 saturated heterocycles. The van der Waals surface area contributed by atoms with E-state index in [1.807, 2.05) is 24.5 Å². The summed E-state index contributed by atoms with van der Waals surface area (Å²) in [4.78, 5) is 0.983. The van der Waals surface area contributed by atoms with Gasteiger partial charge in [0, 0.05) is 17.4 Å². The molecule has 1 atom stereocenters. The number of piperidine rings is 1. The first-order valence-corrected chi connectivity index (χ1v) is 7.48. The lowest BCUT2D eigenvalue weighted by Crippen LogP contribution is -2.33. The van der Waals surface area contributed by atoms with Gasteiger partial charge in [-0.2, -0.15) is 5.26 Å². The Hall–Kier alpha value is -1.18. The average Bonchev–Trinajstić information content (AvgIpc) is 2.45. The zero-order chi connectivity index (χ0) is 12.8. The molecule has 1 aromatic rings. The summed E-state index contributed by atoms with van der Waals surface area (Å²) in [5, 5.41) is 12.6. The van der Waals surface area contributed by atoms with Gasteiger partial charge in [0.05, 0.1) is 6.61 Å². The standard InChI is InChI=1S/C14H18N2OS/c1-18-14-6-2-5-13(12(14)8-15)17-10-11-4-3-7-16-9-11/h2,5-6,11,16H,3-4,7,9-10H2,1H3. The lowest BCUT2D eigenvalue weighted by atomic mass is 10.0. The normalized spacial score (nSPS) is 19.2. The summed E-state index contributed by atoms with van der Waals surface area (Å²) in [7, 11) is 0. The molecule has 0 aromatic heterocycles. The van der Waals surface area contributed by atoms with Gasteiger partial charge >= 0.3 is 0 Å². The third-order valence-corrected chi connectivity index (χ3v) is 3.97. The average molecular weight is 262 g/mol. The topological polar surface area (TPSA) is 45.0 Å². The fraction of sp³-hybridized carbons (Fsp3) is 0.500. The van der Waals surface area contributed by atoms with Gasteiger partial charge in [-0.3, -0.25) is 0 Å². The molecule has 1 heterocycles. The molecule has 1 fully saturated rings. The molecule has 1 N–H and O–H groups in total. The van der Waals surface area contributed by atoms with Crippen molar-refractivity contribution in [2.75, 3.05) is 26.0 Å². The van der Waals surface area contributed by atoms with E-state index in [1.165, 1.54) is 12.8 Å². The van der Waals surface area contributed by atoms with E-state index in [1.54, 1.807) is 11.8 Å². The molecule has 0 amide bonds. The van der Waals surface area contributed by atoms with Gasteiger partial charge in [-0.25, -0.2) is 0 Å². The van der Waals surface area contributed by atoms with Gasteiger partial charge in [-0.05, 0) is 37.8 Å². The maximum Gasteiger partial charge on any atom is 0.138 e. The van der Waals surface area contributed by atoms with Crippen LogP contribution in [-0.4, -0.2) is 26.0 Å². The minimum Gasteiger partial charge on any atom is -0.492 e. The molecule has 0 aliphatic carbocycles. The quantitative estimate of drug-likeness (QED) is 0.847. The lowest BCUT2D eigenvalue weighted by Gasteiger charge is -2.23. The predicted molar refractivity (Wildman–Crippen MR) is 74.0 cm³/mol. The van der Waals surface area contributed by atoms with E-state index in [2.05, 4.69) is 11.4 Å². The second kappa shape index (κ2) is 6.67. The third-order valence-electron chi connectivity index (χ3n) is 3.19. The number of nitrogens with zero attached hydrogens (tertiary/aromatic N) is 1. The first-order valence-electron chi connectivity index (χ1n) is 6.25. The molecule has 2 rings (SSSR count). The van der Waals surface area contributed by atoms with E-state index < -0.39 is 0 Å². The molecule has 1 unspecified atom stereocenters. The fourth-order valence-electron chi connectivity index (χ4n) is 2.19. The molecule has 96 valence electrons. The Labute approximate surface area is 113 Å². The Kier molecular flexibility index (Phi) is 4.91. The maximum absolute atomic E-state index is 9.21. The van der Waals surface area contributed by atoms with Gasteiger partial charge in [-0.1, -0.05) is 6.07 Å². The molecule has 0 radical (unpaired) electrons. The molecule has 1 aromatic carbocycles. The molecule has 0 bridgehead atoms. The summed E-state index contributed by atoms with van der Waals surface area (Å²) in [6.07, 6.45) is 4.39. The summed E-state index contributed by atoms with van der Waals surface area (Å²) in [5.74, 6) is 1.28. The third kappa shape index (κ3) is 3.18. The first kappa shape index (κ1) is 13.3. The van der Waals surface area contributed by atoms with Crippen molar-refractivity contribution in [3.05, 3.63) is 23.8 Å². The van der Waals surface area contributed by atoms with Crippen LogP contribution < -0.4 is 10.1 Å².